The molecule has 0 N–H and O–H groups in total. The highest BCUT2D eigenvalue weighted by Crippen LogP contribution is 2.38. The van der Waals surface area contributed by atoms with E-state index in [1.165, 1.54) is 16.7 Å². The monoisotopic (exact) mass is 342 g/mol. The molecular formula is C17H24Cl2N2O. The summed E-state index contributed by atoms with van der Waals surface area (Å²) in [5, 5.41) is 0.853. The van der Waals surface area contributed by atoms with Gasteiger partial charge in [-0.1, -0.05) is 17.7 Å². The van der Waals surface area contributed by atoms with Crippen molar-refractivity contribution < 1.29 is 4.74 Å². The van der Waals surface area contributed by atoms with Gasteiger partial charge in [-0.15, -0.1) is 12.4 Å². The van der Waals surface area contributed by atoms with Crippen molar-refractivity contribution in [1.82, 2.24) is 9.80 Å². The fourth-order valence-electron chi connectivity index (χ4n) is 3.27. The number of nitrogens with zero attached hydrogens (tertiary/aromatic N) is 2. The van der Waals surface area contributed by atoms with Crippen LogP contribution in [0.2, 0.25) is 5.02 Å². The number of ether oxygens (including phenoxy) is 1. The zero-order valence-corrected chi connectivity index (χ0v) is 14.8. The lowest BCUT2D eigenvalue weighted by Gasteiger charge is -2.34. The summed E-state index contributed by atoms with van der Waals surface area (Å²) in [7, 11) is 3.93. The summed E-state index contributed by atoms with van der Waals surface area (Å²) >= 11 is 6.48. The molecule has 0 atom stereocenters. The number of hydrogen-bond acceptors (Lipinski definition) is 3. The van der Waals surface area contributed by atoms with Gasteiger partial charge in [0.05, 0.1) is 7.11 Å². The quantitative estimate of drug-likeness (QED) is 0.837. The van der Waals surface area contributed by atoms with E-state index in [-0.39, 0.29) is 12.4 Å². The predicted octanol–water partition coefficient (Wildman–Crippen LogP) is 3.35. The van der Waals surface area contributed by atoms with Crippen LogP contribution in [0.5, 0.6) is 5.75 Å². The van der Waals surface area contributed by atoms with E-state index in [2.05, 4.69) is 22.9 Å². The van der Waals surface area contributed by atoms with E-state index in [0.717, 1.165) is 56.3 Å². The molecule has 0 aromatic heterocycles. The molecule has 1 aliphatic heterocycles. The number of allylic oxidation sites excluding steroid dienone is 1. The Morgan fingerprint density at radius 3 is 2.59 bits per heavy atom. The van der Waals surface area contributed by atoms with Crippen molar-refractivity contribution in [3.05, 3.63) is 34.4 Å². The maximum absolute atomic E-state index is 6.48. The third-order valence-electron chi connectivity index (χ3n) is 4.54. The molecule has 1 aliphatic carbocycles. The zero-order valence-electron chi connectivity index (χ0n) is 13.3. The molecule has 3 rings (SSSR count). The highest BCUT2D eigenvalue weighted by Gasteiger charge is 2.22. The molecular weight excluding hydrogens is 319 g/mol. The molecule has 0 unspecified atom stereocenters. The van der Waals surface area contributed by atoms with E-state index in [0.29, 0.717) is 0 Å². The second kappa shape index (κ2) is 7.69. The molecule has 1 fully saturated rings. The maximum atomic E-state index is 6.48. The topological polar surface area (TPSA) is 15.7 Å². The number of hydrogen-bond donors (Lipinski definition) is 0. The van der Waals surface area contributed by atoms with Crippen LogP contribution in [0.15, 0.2) is 18.2 Å². The van der Waals surface area contributed by atoms with Crippen LogP contribution in [0.25, 0.3) is 5.57 Å². The number of fused-ring (bicyclic) bond motifs is 1. The summed E-state index contributed by atoms with van der Waals surface area (Å²) in [4.78, 5) is 4.91. The zero-order chi connectivity index (χ0) is 14.8. The van der Waals surface area contributed by atoms with Gasteiger partial charge in [-0.05, 0) is 37.6 Å². The first-order valence-electron chi connectivity index (χ1n) is 7.64. The molecule has 0 spiro atoms. The molecule has 0 amide bonds. The van der Waals surface area contributed by atoms with Crippen LogP contribution in [0.4, 0.5) is 0 Å². The number of piperazine rings is 1. The Morgan fingerprint density at radius 2 is 1.91 bits per heavy atom. The van der Waals surface area contributed by atoms with Gasteiger partial charge in [0.2, 0.25) is 0 Å². The van der Waals surface area contributed by atoms with Crippen molar-refractivity contribution in [2.75, 3.05) is 46.9 Å². The maximum Gasteiger partial charge on any atom is 0.122 e. The lowest BCUT2D eigenvalue weighted by molar-refractivity contribution is 0.168. The van der Waals surface area contributed by atoms with Crippen LogP contribution in [0.3, 0.4) is 0 Å². The van der Waals surface area contributed by atoms with Crippen LogP contribution >= 0.6 is 24.0 Å². The van der Waals surface area contributed by atoms with Gasteiger partial charge in [-0.3, -0.25) is 4.90 Å². The first-order valence-corrected chi connectivity index (χ1v) is 8.02. The van der Waals surface area contributed by atoms with Crippen molar-refractivity contribution in [3.8, 4) is 5.75 Å². The highest BCUT2D eigenvalue weighted by molar-refractivity contribution is 6.32. The molecule has 0 bridgehead atoms. The molecule has 3 nitrogen and oxygen atoms in total. The summed E-state index contributed by atoms with van der Waals surface area (Å²) in [6.07, 6.45) is 4.45. The lowest BCUT2D eigenvalue weighted by atomic mass is 9.89. The first-order chi connectivity index (χ1) is 10.2. The normalized spacial score (nSPS) is 19.1. The van der Waals surface area contributed by atoms with Gasteiger partial charge >= 0.3 is 0 Å². The summed E-state index contributed by atoms with van der Waals surface area (Å²) in [5.41, 5.74) is 3.85. The summed E-state index contributed by atoms with van der Waals surface area (Å²) in [6.45, 7) is 5.54. The number of halogens is 2. The van der Waals surface area contributed by atoms with Gasteiger partial charge in [0.1, 0.15) is 5.75 Å². The van der Waals surface area contributed by atoms with Crippen LogP contribution in [-0.4, -0.2) is 56.7 Å². The highest BCUT2D eigenvalue weighted by atomic mass is 35.5. The van der Waals surface area contributed by atoms with Gasteiger partial charge in [0.15, 0.2) is 0 Å². The van der Waals surface area contributed by atoms with Gasteiger partial charge in [0.25, 0.3) is 0 Å². The fourth-order valence-corrected chi connectivity index (χ4v) is 3.57. The number of benzene rings is 1. The summed E-state index contributed by atoms with van der Waals surface area (Å²) in [5.74, 6) is 0.971. The van der Waals surface area contributed by atoms with Gasteiger partial charge in [0, 0.05) is 48.9 Å². The van der Waals surface area contributed by atoms with Crippen LogP contribution in [-0.2, 0) is 6.42 Å². The average molecular weight is 343 g/mol. The molecule has 122 valence electrons. The van der Waals surface area contributed by atoms with Crippen molar-refractivity contribution in [1.29, 1.82) is 0 Å². The van der Waals surface area contributed by atoms with Crippen molar-refractivity contribution >= 4 is 29.6 Å². The molecule has 0 saturated carbocycles. The standard InChI is InChI=1S/C17H23ClN2O.ClH/c1-19-8-10-20(11-9-19)12-13-4-3-5-14-16(21-2)7-6-15(18)17(13)14;/h4,6-7H,3,5,8-12H2,1-2H3;1H. The third kappa shape index (κ3) is 3.60. The van der Waals surface area contributed by atoms with E-state index in [1.54, 1.807) is 7.11 Å². The number of likely N-dealkylation sites (N-methyl/N-ethyl adjacent to an activating group) is 1. The third-order valence-corrected chi connectivity index (χ3v) is 4.85. The van der Waals surface area contributed by atoms with Crippen molar-refractivity contribution in [3.63, 3.8) is 0 Å². The Labute approximate surface area is 144 Å². The molecule has 1 saturated heterocycles. The Balaban J connectivity index is 0.00000176. The second-order valence-electron chi connectivity index (χ2n) is 5.95. The van der Waals surface area contributed by atoms with E-state index in [4.69, 9.17) is 16.3 Å². The summed E-state index contributed by atoms with van der Waals surface area (Å²) in [6, 6.07) is 3.95. The van der Waals surface area contributed by atoms with E-state index < -0.39 is 0 Å². The number of methoxy groups -OCH3 is 1. The first kappa shape index (κ1) is 17.6. The van der Waals surface area contributed by atoms with E-state index >= 15 is 0 Å². The SMILES string of the molecule is COc1ccc(Cl)c2c1CCC=C2CN1CCN(C)CC1.Cl. The van der Waals surface area contributed by atoms with Crippen LogP contribution < -0.4 is 4.74 Å². The average Bonchev–Trinajstić information content (AvgIpc) is 2.50. The fraction of sp³-hybridized carbons (Fsp3) is 0.529. The Kier molecular flexibility index (Phi) is 6.16. The molecule has 22 heavy (non-hydrogen) atoms. The van der Waals surface area contributed by atoms with Gasteiger partial charge < -0.3 is 9.64 Å². The van der Waals surface area contributed by atoms with Crippen molar-refractivity contribution in [2.45, 2.75) is 12.8 Å². The predicted molar refractivity (Wildman–Crippen MR) is 95.5 cm³/mol. The van der Waals surface area contributed by atoms with E-state index in [1.807, 2.05) is 12.1 Å². The minimum absolute atomic E-state index is 0. The number of rotatable bonds is 3. The minimum Gasteiger partial charge on any atom is -0.496 e. The van der Waals surface area contributed by atoms with Crippen LogP contribution in [0.1, 0.15) is 17.5 Å². The minimum atomic E-state index is 0. The molecule has 5 heteroatoms. The van der Waals surface area contributed by atoms with Crippen LogP contribution in [0, 0.1) is 0 Å². The Bertz CT molecular complexity index is 552. The molecule has 2 aliphatic rings. The van der Waals surface area contributed by atoms with Crippen molar-refractivity contribution in [2.24, 2.45) is 0 Å². The summed E-state index contributed by atoms with van der Waals surface area (Å²) < 4.78 is 5.51. The molecule has 1 aromatic carbocycles. The molecule has 1 aromatic rings. The lowest BCUT2D eigenvalue weighted by Crippen LogP contribution is -2.45. The Morgan fingerprint density at radius 1 is 1.18 bits per heavy atom. The smallest absolute Gasteiger partial charge is 0.122 e. The Hall–Kier alpha value is -0.740. The molecule has 1 heterocycles. The van der Waals surface area contributed by atoms with Gasteiger partial charge in [-0.2, -0.15) is 0 Å². The second-order valence-corrected chi connectivity index (χ2v) is 6.36. The van der Waals surface area contributed by atoms with Gasteiger partial charge in [-0.25, -0.2) is 0 Å². The largest absolute Gasteiger partial charge is 0.496 e. The molecule has 0 radical (unpaired) electrons. The van der Waals surface area contributed by atoms with E-state index in [9.17, 15) is 0 Å².